The van der Waals surface area contributed by atoms with Crippen LogP contribution in [-0.4, -0.2) is 29.9 Å². The zero-order valence-corrected chi connectivity index (χ0v) is 6.21. The van der Waals surface area contributed by atoms with Crippen molar-refractivity contribution in [3.8, 4) is 5.75 Å². The monoisotopic (exact) mass is 165 g/mol. The lowest BCUT2D eigenvalue weighted by Crippen LogP contribution is -2.29. The van der Waals surface area contributed by atoms with Crippen molar-refractivity contribution in [2.45, 2.75) is 0 Å². The van der Waals surface area contributed by atoms with E-state index in [2.05, 4.69) is 4.65 Å². The van der Waals surface area contributed by atoms with Crippen molar-refractivity contribution < 1.29 is 19.7 Å². The van der Waals surface area contributed by atoms with Crippen LogP contribution in [0, 0.1) is 0 Å². The topological polar surface area (TPSA) is 69.9 Å². The van der Waals surface area contributed by atoms with Crippen molar-refractivity contribution in [1.29, 1.82) is 0 Å². The van der Waals surface area contributed by atoms with Gasteiger partial charge in [-0.1, -0.05) is 12.1 Å². The smallest absolute Gasteiger partial charge is 0.537 e. The van der Waals surface area contributed by atoms with E-state index in [9.17, 15) is 0 Å². The fourth-order valence-electron chi connectivity index (χ4n) is 0.809. The Morgan fingerprint density at radius 3 is 2.67 bits per heavy atom. The summed E-state index contributed by atoms with van der Waals surface area (Å²) in [5, 5.41) is 25.8. The summed E-state index contributed by atoms with van der Waals surface area (Å²) in [4.78, 5) is 0. The molecule has 1 radical (unpaired) electrons. The summed E-state index contributed by atoms with van der Waals surface area (Å²) in [5.74, 6) is 0.350. The minimum atomic E-state index is -1.52. The maximum absolute atomic E-state index is 8.74. The third kappa shape index (κ3) is 2.27. The van der Waals surface area contributed by atoms with E-state index in [1.54, 1.807) is 12.1 Å². The van der Waals surface area contributed by atoms with Crippen LogP contribution in [0.4, 0.5) is 0 Å². The van der Waals surface area contributed by atoms with Crippen molar-refractivity contribution in [3.63, 3.8) is 0 Å². The van der Waals surface area contributed by atoms with Crippen molar-refractivity contribution in [2.75, 3.05) is 0 Å². The maximum Gasteiger partial charge on any atom is 0.569 e. The molecule has 0 aliphatic carbocycles. The number of hydrogen-bond acceptors (Lipinski definition) is 4. The average molecular weight is 165 g/mol. The van der Waals surface area contributed by atoms with Gasteiger partial charge >= 0.3 is 14.8 Å². The second kappa shape index (κ2) is 4.15. The maximum atomic E-state index is 8.74. The molecule has 0 heterocycles. The van der Waals surface area contributed by atoms with Crippen molar-refractivity contribution >= 4 is 20.3 Å². The summed E-state index contributed by atoms with van der Waals surface area (Å²) in [7, 11) is -0.990. The van der Waals surface area contributed by atoms with Gasteiger partial charge in [0, 0.05) is 0 Å². The van der Waals surface area contributed by atoms with E-state index in [0.717, 1.165) is 0 Å². The van der Waals surface area contributed by atoms with Crippen LogP contribution in [0.3, 0.4) is 0 Å². The standard InChI is InChI=1S/C6H7B2O4/c9-7-12-6-3-1-2-5(4-6)8(10)11/h1-4,9-11H. The summed E-state index contributed by atoms with van der Waals surface area (Å²) >= 11 is 0. The highest BCUT2D eigenvalue weighted by Gasteiger charge is 2.10. The molecule has 0 amide bonds. The van der Waals surface area contributed by atoms with Gasteiger partial charge in [-0.3, -0.25) is 0 Å². The Hall–Kier alpha value is -0.970. The van der Waals surface area contributed by atoms with E-state index in [1.165, 1.54) is 12.1 Å². The minimum Gasteiger partial charge on any atom is -0.537 e. The van der Waals surface area contributed by atoms with Gasteiger partial charge in [-0.15, -0.1) is 0 Å². The lowest BCUT2D eigenvalue weighted by atomic mass is 9.80. The summed E-state index contributed by atoms with van der Waals surface area (Å²) in [6, 6.07) is 6.12. The zero-order valence-electron chi connectivity index (χ0n) is 6.21. The lowest BCUT2D eigenvalue weighted by molar-refractivity contribution is 0.424. The van der Waals surface area contributed by atoms with Gasteiger partial charge in [0.1, 0.15) is 0 Å². The van der Waals surface area contributed by atoms with E-state index in [1.807, 2.05) is 0 Å². The lowest BCUT2D eigenvalue weighted by Gasteiger charge is -2.03. The highest BCUT2D eigenvalue weighted by atomic mass is 16.5. The van der Waals surface area contributed by atoms with Gasteiger partial charge in [-0.25, -0.2) is 0 Å². The number of hydrogen-bond donors (Lipinski definition) is 3. The molecule has 1 rings (SSSR count). The van der Waals surface area contributed by atoms with E-state index in [4.69, 9.17) is 15.1 Å². The Kier molecular flexibility index (Phi) is 3.16. The molecule has 0 bridgehead atoms. The van der Waals surface area contributed by atoms with Crippen molar-refractivity contribution in [1.82, 2.24) is 0 Å². The molecule has 0 spiro atoms. The second-order valence-electron chi connectivity index (χ2n) is 2.17. The van der Waals surface area contributed by atoms with Crippen LogP contribution >= 0.6 is 0 Å². The molecule has 1 aromatic carbocycles. The molecule has 0 fully saturated rings. The number of benzene rings is 1. The van der Waals surface area contributed by atoms with Gasteiger partial charge < -0.3 is 19.7 Å². The summed E-state index contributed by atoms with van der Waals surface area (Å²) in [6.45, 7) is 0. The molecule has 1 aromatic rings. The van der Waals surface area contributed by atoms with E-state index < -0.39 is 7.12 Å². The van der Waals surface area contributed by atoms with Gasteiger partial charge in [0.2, 0.25) is 0 Å². The largest absolute Gasteiger partial charge is 0.569 e. The Labute approximate surface area is 70.9 Å². The molecular weight excluding hydrogens is 158 g/mol. The molecule has 4 nitrogen and oxygen atoms in total. The quantitative estimate of drug-likeness (QED) is 0.465. The molecule has 61 valence electrons. The predicted molar refractivity (Wildman–Crippen MR) is 44.9 cm³/mol. The molecule has 0 aliphatic heterocycles. The van der Waals surface area contributed by atoms with Crippen LogP contribution in [0.25, 0.3) is 0 Å². The van der Waals surface area contributed by atoms with E-state index in [-0.39, 0.29) is 0 Å². The Bertz CT molecular complexity index is 253. The first kappa shape index (κ1) is 9.12. The summed E-state index contributed by atoms with van der Waals surface area (Å²) in [6.07, 6.45) is 0. The third-order valence-electron chi connectivity index (χ3n) is 1.35. The van der Waals surface area contributed by atoms with Crippen LogP contribution in [0.1, 0.15) is 0 Å². The van der Waals surface area contributed by atoms with Crippen LogP contribution in [0.2, 0.25) is 0 Å². The minimum absolute atomic E-state index is 0.314. The van der Waals surface area contributed by atoms with E-state index in [0.29, 0.717) is 18.9 Å². The van der Waals surface area contributed by atoms with Gasteiger partial charge in [-0.05, 0) is 17.6 Å². The fraction of sp³-hybridized carbons (Fsp3) is 0. The third-order valence-corrected chi connectivity index (χ3v) is 1.35. The SMILES string of the molecule is O[B]Oc1cccc(B(O)O)c1. The highest BCUT2D eigenvalue weighted by Crippen LogP contribution is 2.05. The molecule has 0 atom stereocenters. The molecule has 3 N–H and O–H groups in total. The normalized spacial score (nSPS) is 9.25. The molecule has 0 aliphatic rings. The van der Waals surface area contributed by atoms with Gasteiger partial charge in [-0.2, -0.15) is 0 Å². The first-order valence-corrected chi connectivity index (χ1v) is 3.32. The number of rotatable bonds is 3. The van der Waals surface area contributed by atoms with Crippen molar-refractivity contribution in [2.24, 2.45) is 0 Å². The highest BCUT2D eigenvalue weighted by molar-refractivity contribution is 6.58. The molecule has 0 saturated heterocycles. The van der Waals surface area contributed by atoms with Crippen LogP contribution in [0.5, 0.6) is 5.75 Å². The Morgan fingerprint density at radius 1 is 1.33 bits per heavy atom. The van der Waals surface area contributed by atoms with Crippen LogP contribution < -0.4 is 10.1 Å². The van der Waals surface area contributed by atoms with Crippen LogP contribution in [-0.2, 0) is 0 Å². The van der Waals surface area contributed by atoms with Crippen LogP contribution in [0.15, 0.2) is 24.3 Å². The molecule has 12 heavy (non-hydrogen) atoms. The average Bonchev–Trinajstić information content (AvgIpc) is 2.05. The molecule has 0 unspecified atom stereocenters. The van der Waals surface area contributed by atoms with Gasteiger partial charge in [0.25, 0.3) is 0 Å². The second-order valence-corrected chi connectivity index (χ2v) is 2.17. The molecular formula is C6H7B2O4. The summed E-state index contributed by atoms with van der Waals surface area (Å²) in [5.41, 5.74) is 0.314. The molecule has 0 saturated carbocycles. The molecule has 0 aromatic heterocycles. The fourth-order valence-corrected chi connectivity index (χ4v) is 0.809. The van der Waals surface area contributed by atoms with Gasteiger partial charge in [0.05, 0.1) is 5.75 Å². The first-order valence-electron chi connectivity index (χ1n) is 3.32. The van der Waals surface area contributed by atoms with E-state index >= 15 is 0 Å². The Morgan fingerprint density at radius 2 is 2.08 bits per heavy atom. The first-order chi connectivity index (χ1) is 5.74. The zero-order chi connectivity index (χ0) is 8.97. The predicted octanol–water partition coefficient (Wildman–Crippen LogP) is -1.73. The molecule has 6 heteroatoms. The summed E-state index contributed by atoms with van der Waals surface area (Å²) < 4.78 is 4.61. The Balaban J connectivity index is 2.81. The van der Waals surface area contributed by atoms with Crippen molar-refractivity contribution in [3.05, 3.63) is 24.3 Å². The van der Waals surface area contributed by atoms with Gasteiger partial charge in [0.15, 0.2) is 0 Å².